The number of carbonyl (C=O) groups excluding carboxylic acids is 1. The van der Waals surface area contributed by atoms with Crippen molar-refractivity contribution in [3.8, 4) is 0 Å². The Bertz CT molecular complexity index is 1170. The molecule has 30 heavy (non-hydrogen) atoms. The van der Waals surface area contributed by atoms with Gasteiger partial charge in [-0.2, -0.15) is 0 Å². The highest BCUT2D eigenvalue weighted by molar-refractivity contribution is 6.00. The van der Waals surface area contributed by atoms with Gasteiger partial charge in [-0.15, -0.1) is 0 Å². The summed E-state index contributed by atoms with van der Waals surface area (Å²) in [6.07, 6.45) is 5.25. The van der Waals surface area contributed by atoms with Crippen LogP contribution < -0.4 is 15.8 Å². The second-order valence-corrected chi connectivity index (χ2v) is 8.80. The number of fused-ring (bicyclic) bond motifs is 4. The molecule has 160 valence electrons. The van der Waals surface area contributed by atoms with Gasteiger partial charge < -0.3 is 19.1 Å². The van der Waals surface area contributed by atoms with E-state index >= 15 is 0 Å². The maximum Gasteiger partial charge on any atom is 0.340 e. The highest BCUT2D eigenvalue weighted by atomic mass is 16.4. The maximum atomic E-state index is 12.7. The summed E-state index contributed by atoms with van der Waals surface area (Å²) in [6, 6.07) is 2.09. The van der Waals surface area contributed by atoms with Crippen LogP contribution in [0.15, 0.2) is 19.7 Å². The van der Waals surface area contributed by atoms with Gasteiger partial charge in [0.2, 0.25) is 5.91 Å². The van der Waals surface area contributed by atoms with Crippen molar-refractivity contribution >= 4 is 27.8 Å². The predicted molar refractivity (Wildman–Crippen MR) is 117 cm³/mol. The minimum Gasteiger partial charge on any atom is -0.460 e. The van der Waals surface area contributed by atoms with E-state index in [0.29, 0.717) is 17.7 Å². The molecule has 0 aliphatic heterocycles. The summed E-state index contributed by atoms with van der Waals surface area (Å²) in [5.41, 5.74) is 4.36. The Morgan fingerprint density at radius 2 is 1.80 bits per heavy atom. The average molecular weight is 412 g/mol. The number of benzene rings is 1. The van der Waals surface area contributed by atoms with Crippen LogP contribution in [0.4, 0.5) is 0 Å². The van der Waals surface area contributed by atoms with Crippen molar-refractivity contribution in [3.63, 3.8) is 0 Å². The molecule has 6 heteroatoms. The molecular weight excluding hydrogens is 380 g/mol. The standard InChI is InChI=1S/C24H30N2O4/c1-14-17-12-19-16-8-5-6-9-20(16)29-23(19)15(2)22(17)30-24(28)18(14)13-21(27)25-10-7-11-26(3)4/h12H,5-11,13H2,1-4H3,(H,25,27)/p+1. The number of furan rings is 1. The topological polar surface area (TPSA) is 76.9 Å². The smallest absolute Gasteiger partial charge is 0.340 e. The molecule has 2 aromatic heterocycles. The zero-order chi connectivity index (χ0) is 21.4. The lowest BCUT2D eigenvalue weighted by Gasteiger charge is -2.11. The molecule has 0 unspecified atom stereocenters. The van der Waals surface area contributed by atoms with Gasteiger partial charge in [0, 0.05) is 41.3 Å². The van der Waals surface area contributed by atoms with Gasteiger partial charge in [0.1, 0.15) is 16.9 Å². The molecule has 0 spiro atoms. The predicted octanol–water partition coefficient (Wildman–Crippen LogP) is 2.23. The molecule has 0 saturated carbocycles. The van der Waals surface area contributed by atoms with Crippen LogP contribution in [-0.4, -0.2) is 33.1 Å². The lowest BCUT2D eigenvalue weighted by Crippen LogP contribution is -3.05. The van der Waals surface area contributed by atoms with E-state index in [1.807, 2.05) is 13.8 Å². The second-order valence-electron chi connectivity index (χ2n) is 8.80. The van der Waals surface area contributed by atoms with Crippen molar-refractivity contribution in [2.24, 2.45) is 0 Å². The molecule has 1 amide bonds. The zero-order valence-corrected chi connectivity index (χ0v) is 18.4. The summed E-state index contributed by atoms with van der Waals surface area (Å²) >= 11 is 0. The Morgan fingerprint density at radius 3 is 2.57 bits per heavy atom. The summed E-state index contributed by atoms with van der Waals surface area (Å²) in [5.74, 6) is 0.922. The number of rotatable bonds is 6. The van der Waals surface area contributed by atoms with Crippen molar-refractivity contribution in [2.45, 2.75) is 52.4 Å². The molecule has 0 bridgehead atoms. The molecule has 6 nitrogen and oxygen atoms in total. The third-order valence-electron chi connectivity index (χ3n) is 6.24. The number of quaternary nitrogens is 1. The Morgan fingerprint density at radius 1 is 1.07 bits per heavy atom. The average Bonchev–Trinajstić information content (AvgIpc) is 3.09. The number of nitrogens with one attached hydrogen (secondary N) is 2. The van der Waals surface area contributed by atoms with E-state index in [0.717, 1.165) is 65.5 Å². The van der Waals surface area contributed by atoms with Crippen molar-refractivity contribution < 1.29 is 18.5 Å². The van der Waals surface area contributed by atoms with Gasteiger partial charge in [0.05, 0.1) is 32.6 Å². The Kier molecular flexibility index (Phi) is 5.69. The van der Waals surface area contributed by atoms with Crippen LogP contribution in [0.1, 0.15) is 47.3 Å². The highest BCUT2D eigenvalue weighted by Crippen LogP contribution is 2.37. The Hall–Kier alpha value is -2.60. The summed E-state index contributed by atoms with van der Waals surface area (Å²) in [5, 5.41) is 4.93. The molecule has 2 heterocycles. The molecule has 0 fully saturated rings. The summed E-state index contributed by atoms with van der Waals surface area (Å²) in [6.45, 7) is 5.46. The lowest BCUT2D eigenvalue weighted by molar-refractivity contribution is -0.858. The van der Waals surface area contributed by atoms with E-state index < -0.39 is 5.63 Å². The van der Waals surface area contributed by atoms with Crippen molar-refractivity contribution in [1.29, 1.82) is 0 Å². The highest BCUT2D eigenvalue weighted by Gasteiger charge is 2.23. The first kappa shape index (κ1) is 20.7. The Labute approximate surface area is 176 Å². The second kappa shape index (κ2) is 8.26. The van der Waals surface area contributed by atoms with Gasteiger partial charge in [-0.3, -0.25) is 4.79 Å². The first-order valence-electron chi connectivity index (χ1n) is 10.9. The Balaban J connectivity index is 1.69. The van der Waals surface area contributed by atoms with E-state index in [1.54, 1.807) is 0 Å². The van der Waals surface area contributed by atoms with E-state index in [-0.39, 0.29) is 12.3 Å². The summed E-state index contributed by atoms with van der Waals surface area (Å²) in [7, 11) is 4.17. The van der Waals surface area contributed by atoms with Gasteiger partial charge in [-0.1, -0.05) is 0 Å². The quantitative estimate of drug-likeness (QED) is 0.482. The molecule has 4 rings (SSSR count). The van der Waals surface area contributed by atoms with E-state index in [4.69, 9.17) is 8.83 Å². The minimum atomic E-state index is -0.438. The molecule has 0 atom stereocenters. The van der Waals surface area contributed by atoms with Gasteiger partial charge >= 0.3 is 5.63 Å². The van der Waals surface area contributed by atoms with Gasteiger partial charge in [-0.25, -0.2) is 4.79 Å². The van der Waals surface area contributed by atoms with Crippen molar-refractivity contribution in [1.82, 2.24) is 5.32 Å². The van der Waals surface area contributed by atoms with Gasteiger partial charge in [-0.05, 0) is 44.7 Å². The summed E-state index contributed by atoms with van der Waals surface area (Å²) < 4.78 is 11.9. The van der Waals surface area contributed by atoms with Gasteiger partial charge in [0.15, 0.2) is 0 Å². The maximum absolute atomic E-state index is 12.7. The lowest BCUT2D eigenvalue weighted by atomic mass is 9.93. The van der Waals surface area contributed by atoms with Crippen molar-refractivity contribution in [3.05, 3.63) is 44.5 Å². The van der Waals surface area contributed by atoms with E-state index in [9.17, 15) is 9.59 Å². The third-order valence-corrected chi connectivity index (χ3v) is 6.24. The minimum absolute atomic E-state index is 0.0412. The fourth-order valence-corrected chi connectivity index (χ4v) is 4.51. The van der Waals surface area contributed by atoms with Gasteiger partial charge in [0.25, 0.3) is 0 Å². The first-order valence-corrected chi connectivity index (χ1v) is 10.9. The first-order chi connectivity index (χ1) is 14.4. The third kappa shape index (κ3) is 3.76. The van der Waals surface area contributed by atoms with Crippen molar-refractivity contribution in [2.75, 3.05) is 27.2 Å². The molecule has 1 aliphatic rings. The normalized spacial score (nSPS) is 13.9. The molecule has 0 saturated heterocycles. The number of amides is 1. The molecule has 2 N–H and O–H groups in total. The van der Waals surface area contributed by atoms with Crippen LogP contribution in [0.3, 0.4) is 0 Å². The SMILES string of the molecule is Cc1c(CC(=O)NCCC[NH+](C)C)c(=O)oc2c(C)c3oc4c(c3cc12)CCCC4. The van der Waals surface area contributed by atoms with Crippen LogP contribution in [0.25, 0.3) is 21.9 Å². The number of hydrogen-bond donors (Lipinski definition) is 2. The molecule has 1 aromatic carbocycles. The zero-order valence-electron chi connectivity index (χ0n) is 18.4. The largest absolute Gasteiger partial charge is 0.460 e. The number of carbonyl (C=O) groups is 1. The molecule has 1 aliphatic carbocycles. The molecular formula is C24H31N2O4+. The van der Waals surface area contributed by atoms with Crippen LogP contribution in [0.5, 0.6) is 0 Å². The van der Waals surface area contributed by atoms with Crippen LogP contribution >= 0.6 is 0 Å². The van der Waals surface area contributed by atoms with E-state index in [1.165, 1.54) is 16.9 Å². The van der Waals surface area contributed by atoms with E-state index in [2.05, 4.69) is 25.5 Å². The van der Waals surface area contributed by atoms with Crippen LogP contribution in [-0.2, 0) is 24.1 Å². The number of aryl methyl sites for hydroxylation is 4. The molecule has 0 radical (unpaired) electrons. The summed E-state index contributed by atoms with van der Waals surface area (Å²) in [4.78, 5) is 26.5. The monoisotopic (exact) mass is 411 g/mol. The van der Waals surface area contributed by atoms with Crippen LogP contribution in [0, 0.1) is 13.8 Å². The van der Waals surface area contributed by atoms with Crippen LogP contribution in [0.2, 0.25) is 0 Å². The fraction of sp³-hybridized carbons (Fsp3) is 0.500. The number of hydrogen-bond acceptors (Lipinski definition) is 4. The molecule has 3 aromatic rings. The fourth-order valence-electron chi connectivity index (χ4n) is 4.51.